The fraction of sp³-hybridized carbons (Fsp3) is 0.273. The molecule has 0 bridgehead atoms. The Morgan fingerprint density at radius 3 is 2.69 bits per heavy atom. The first kappa shape index (κ1) is 10.3. The van der Waals surface area contributed by atoms with Crippen LogP contribution in [0, 0.1) is 0 Å². The van der Waals surface area contributed by atoms with Gasteiger partial charge in [-0.3, -0.25) is 0 Å². The first-order valence-corrected chi connectivity index (χ1v) is 4.72. The molecule has 13 heavy (non-hydrogen) atoms. The number of rotatable bonds is 4. The Labute approximate surface area is 84.2 Å². The van der Waals surface area contributed by atoms with Crippen molar-refractivity contribution in [3.63, 3.8) is 0 Å². The lowest BCUT2D eigenvalue weighted by Crippen LogP contribution is -2.01. The molecule has 0 fully saturated rings. The molecule has 1 aromatic rings. The summed E-state index contributed by atoms with van der Waals surface area (Å²) in [7, 11) is 0. The van der Waals surface area contributed by atoms with Crippen LogP contribution in [-0.4, -0.2) is 6.54 Å². The lowest BCUT2D eigenvalue weighted by molar-refractivity contribution is 0.914. The van der Waals surface area contributed by atoms with Crippen LogP contribution in [0.15, 0.2) is 36.4 Å². The summed E-state index contributed by atoms with van der Waals surface area (Å²) in [6, 6.07) is 7.82. The number of nitrogens with two attached hydrogens (primary N) is 1. The monoisotopic (exact) mass is 195 g/mol. The lowest BCUT2D eigenvalue weighted by Gasteiger charge is -2.05. The maximum absolute atomic E-state index is 6.00. The quantitative estimate of drug-likeness (QED) is 0.735. The van der Waals surface area contributed by atoms with Gasteiger partial charge in [0, 0.05) is 5.02 Å². The molecule has 0 radical (unpaired) electrons. The summed E-state index contributed by atoms with van der Waals surface area (Å²) in [5, 5.41) is 0.806. The normalized spacial score (nSPS) is 10.0. The molecule has 0 heterocycles. The summed E-state index contributed by atoms with van der Waals surface area (Å²) >= 11 is 6.00. The summed E-state index contributed by atoms with van der Waals surface area (Å²) in [6.45, 7) is 4.60. The van der Waals surface area contributed by atoms with Crippen molar-refractivity contribution in [1.82, 2.24) is 0 Å². The molecule has 0 unspecified atom stereocenters. The molecule has 1 aromatic carbocycles. The van der Waals surface area contributed by atoms with Crippen molar-refractivity contribution in [1.29, 1.82) is 0 Å². The van der Waals surface area contributed by atoms with E-state index in [4.69, 9.17) is 17.3 Å². The van der Waals surface area contributed by atoms with Gasteiger partial charge in [0.25, 0.3) is 0 Å². The van der Waals surface area contributed by atoms with Crippen LogP contribution >= 0.6 is 11.6 Å². The van der Waals surface area contributed by atoms with Gasteiger partial charge in [0.1, 0.15) is 0 Å². The van der Waals surface area contributed by atoms with E-state index in [1.807, 2.05) is 24.3 Å². The van der Waals surface area contributed by atoms with Crippen molar-refractivity contribution < 1.29 is 0 Å². The fourth-order valence-electron chi connectivity index (χ4n) is 1.20. The zero-order valence-corrected chi connectivity index (χ0v) is 8.35. The fourth-order valence-corrected chi connectivity index (χ4v) is 1.41. The largest absolute Gasteiger partial charge is 0.330 e. The van der Waals surface area contributed by atoms with Gasteiger partial charge in [0.05, 0.1) is 0 Å². The zero-order chi connectivity index (χ0) is 9.68. The van der Waals surface area contributed by atoms with Gasteiger partial charge in [-0.05, 0) is 31.0 Å². The van der Waals surface area contributed by atoms with Crippen molar-refractivity contribution in [3.8, 4) is 0 Å². The minimum Gasteiger partial charge on any atom is -0.330 e. The molecular formula is C11H14ClN. The Kier molecular flexibility index (Phi) is 4.00. The molecule has 1 rings (SSSR count). The number of hydrogen-bond donors (Lipinski definition) is 1. The van der Waals surface area contributed by atoms with E-state index in [0.717, 1.165) is 29.0 Å². The minimum atomic E-state index is 0.656. The number of benzene rings is 1. The van der Waals surface area contributed by atoms with Crippen molar-refractivity contribution >= 4 is 11.6 Å². The molecule has 0 aliphatic rings. The van der Waals surface area contributed by atoms with E-state index in [1.165, 1.54) is 0 Å². The Hall–Kier alpha value is -0.790. The van der Waals surface area contributed by atoms with Crippen LogP contribution in [0.4, 0.5) is 0 Å². The van der Waals surface area contributed by atoms with Gasteiger partial charge in [-0.25, -0.2) is 0 Å². The molecule has 0 spiro atoms. The third-order valence-electron chi connectivity index (χ3n) is 1.90. The standard InChI is InChI=1S/C11H14ClN/c1-9(6-7-13)8-10-4-2-3-5-11(10)12/h2-5H,1,6-8,13H2. The highest BCUT2D eigenvalue weighted by Gasteiger charge is 2.00. The molecule has 70 valence electrons. The van der Waals surface area contributed by atoms with E-state index >= 15 is 0 Å². The van der Waals surface area contributed by atoms with E-state index in [9.17, 15) is 0 Å². The third-order valence-corrected chi connectivity index (χ3v) is 2.26. The highest BCUT2D eigenvalue weighted by molar-refractivity contribution is 6.31. The number of halogens is 1. The van der Waals surface area contributed by atoms with Crippen molar-refractivity contribution in [3.05, 3.63) is 47.0 Å². The molecule has 1 nitrogen and oxygen atoms in total. The molecule has 0 aliphatic heterocycles. The summed E-state index contributed by atoms with van der Waals surface area (Å²) in [5.74, 6) is 0. The predicted octanol–water partition coefficient (Wildman–Crippen LogP) is 2.79. The summed E-state index contributed by atoms with van der Waals surface area (Å²) in [6.07, 6.45) is 1.70. The second-order valence-electron chi connectivity index (χ2n) is 3.06. The molecular weight excluding hydrogens is 182 g/mol. The predicted molar refractivity (Wildman–Crippen MR) is 58.0 cm³/mol. The maximum atomic E-state index is 6.00. The molecule has 2 heteroatoms. The van der Waals surface area contributed by atoms with Gasteiger partial charge >= 0.3 is 0 Å². The van der Waals surface area contributed by atoms with Gasteiger partial charge in [-0.2, -0.15) is 0 Å². The Bertz CT molecular complexity index is 294. The second-order valence-corrected chi connectivity index (χ2v) is 3.46. The zero-order valence-electron chi connectivity index (χ0n) is 7.59. The van der Waals surface area contributed by atoms with E-state index < -0.39 is 0 Å². The number of hydrogen-bond acceptors (Lipinski definition) is 1. The van der Waals surface area contributed by atoms with Gasteiger partial charge < -0.3 is 5.73 Å². The summed E-state index contributed by atoms with van der Waals surface area (Å²) in [5.41, 5.74) is 7.69. The lowest BCUT2D eigenvalue weighted by atomic mass is 10.0. The maximum Gasteiger partial charge on any atom is 0.0441 e. The van der Waals surface area contributed by atoms with E-state index in [0.29, 0.717) is 6.54 Å². The smallest absolute Gasteiger partial charge is 0.0441 e. The van der Waals surface area contributed by atoms with Gasteiger partial charge in [-0.1, -0.05) is 42.0 Å². The van der Waals surface area contributed by atoms with Crippen LogP contribution in [0.2, 0.25) is 5.02 Å². The molecule has 0 atom stereocenters. The molecule has 2 N–H and O–H groups in total. The van der Waals surface area contributed by atoms with Crippen LogP contribution in [0.3, 0.4) is 0 Å². The van der Waals surface area contributed by atoms with Gasteiger partial charge in [-0.15, -0.1) is 0 Å². The van der Waals surface area contributed by atoms with E-state index in [-0.39, 0.29) is 0 Å². The highest BCUT2D eigenvalue weighted by Crippen LogP contribution is 2.18. The topological polar surface area (TPSA) is 26.0 Å². The first-order valence-electron chi connectivity index (χ1n) is 4.34. The first-order chi connectivity index (χ1) is 6.24. The average molecular weight is 196 g/mol. The minimum absolute atomic E-state index is 0.656. The molecule has 0 aliphatic carbocycles. The van der Waals surface area contributed by atoms with Gasteiger partial charge in [0.2, 0.25) is 0 Å². The molecule has 0 saturated heterocycles. The van der Waals surface area contributed by atoms with Crippen LogP contribution < -0.4 is 5.73 Å². The van der Waals surface area contributed by atoms with E-state index in [2.05, 4.69) is 6.58 Å². The Morgan fingerprint density at radius 1 is 1.38 bits per heavy atom. The average Bonchev–Trinajstić information content (AvgIpc) is 2.09. The van der Waals surface area contributed by atoms with Crippen molar-refractivity contribution in [2.24, 2.45) is 5.73 Å². The van der Waals surface area contributed by atoms with Gasteiger partial charge in [0.15, 0.2) is 0 Å². The van der Waals surface area contributed by atoms with Crippen molar-refractivity contribution in [2.75, 3.05) is 6.54 Å². The van der Waals surface area contributed by atoms with Crippen LogP contribution in [0.1, 0.15) is 12.0 Å². The Morgan fingerprint density at radius 2 is 2.08 bits per heavy atom. The van der Waals surface area contributed by atoms with Crippen molar-refractivity contribution in [2.45, 2.75) is 12.8 Å². The third kappa shape index (κ3) is 3.21. The van der Waals surface area contributed by atoms with Crippen LogP contribution in [0.25, 0.3) is 0 Å². The molecule has 0 amide bonds. The van der Waals surface area contributed by atoms with Crippen LogP contribution in [-0.2, 0) is 6.42 Å². The highest BCUT2D eigenvalue weighted by atomic mass is 35.5. The summed E-state index contributed by atoms with van der Waals surface area (Å²) < 4.78 is 0. The molecule has 0 aromatic heterocycles. The molecule has 0 saturated carbocycles. The second kappa shape index (κ2) is 5.05. The SMILES string of the molecule is C=C(CCN)Cc1ccccc1Cl. The Balaban J connectivity index is 2.63. The summed E-state index contributed by atoms with van der Waals surface area (Å²) in [4.78, 5) is 0. The van der Waals surface area contributed by atoms with E-state index in [1.54, 1.807) is 0 Å². The van der Waals surface area contributed by atoms with Crippen LogP contribution in [0.5, 0.6) is 0 Å².